The van der Waals surface area contributed by atoms with Crippen LogP contribution in [0.3, 0.4) is 0 Å². The van der Waals surface area contributed by atoms with Gasteiger partial charge in [0.25, 0.3) is 0 Å². The molecule has 1 unspecified atom stereocenters. The van der Waals surface area contributed by atoms with Gasteiger partial charge in [0.05, 0.1) is 5.92 Å². The van der Waals surface area contributed by atoms with Crippen LogP contribution in [0, 0.1) is 5.92 Å². The van der Waals surface area contributed by atoms with Gasteiger partial charge in [-0.3, -0.25) is 9.79 Å². The van der Waals surface area contributed by atoms with Gasteiger partial charge in [-0.15, -0.1) is 24.0 Å². The summed E-state index contributed by atoms with van der Waals surface area (Å²) in [6.07, 6.45) is 7.51. The quantitative estimate of drug-likeness (QED) is 0.241. The van der Waals surface area contributed by atoms with Crippen LogP contribution in [-0.2, 0) is 4.79 Å². The summed E-state index contributed by atoms with van der Waals surface area (Å²) < 4.78 is 0. The van der Waals surface area contributed by atoms with Crippen LogP contribution in [0.1, 0.15) is 44.6 Å². The summed E-state index contributed by atoms with van der Waals surface area (Å²) in [6, 6.07) is 10.6. The van der Waals surface area contributed by atoms with E-state index in [1.54, 1.807) is 0 Å². The minimum atomic E-state index is -0.155. The van der Waals surface area contributed by atoms with Crippen LogP contribution in [0.25, 0.3) is 6.08 Å². The fraction of sp³-hybridized carbons (Fsp3) is 0.583. The van der Waals surface area contributed by atoms with Gasteiger partial charge in [0.2, 0.25) is 5.91 Å². The van der Waals surface area contributed by atoms with Crippen molar-refractivity contribution in [3.8, 4) is 0 Å². The second-order valence-electron chi connectivity index (χ2n) is 8.33. The molecular formula is C24H38IN5O. The third-order valence-corrected chi connectivity index (χ3v) is 6.01. The second kappa shape index (κ2) is 13.7. The molecule has 0 bridgehead atoms. The highest BCUT2D eigenvalue weighted by Crippen LogP contribution is 2.20. The molecule has 3 N–H and O–H groups in total. The van der Waals surface area contributed by atoms with Gasteiger partial charge in [-0.1, -0.05) is 42.0 Å². The lowest BCUT2D eigenvalue weighted by molar-refractivity contribution is -0.123. The number of nitrogens with two attached hydrogens (primary N) is 1. The van der Waals surface area contributed by atoms with Crippen LogP contribution >= 0.6 is 24.0 Å². The van der Waals surface area contributed by atoms with Gasteiger partial charge in [-0.25, -0.2) is 0 Å². The van der Waals surface area contributed by atoms with Crippen LogP contribution in [0.15, 0.2) is 40.9 Å². The van der Waals surface area contributed by atoms with E-state index in [2.05, 4.69) is 58.4 Å². The molecule has 2 aliphatic rings. The fourth-order valence-corrected chi connectivity index (χ4v) is 4.33. The van der Waals surface area contributed by atoms with Crippen LogP contribution in [-0.4, -0.2) is 67.5 Å². The number of likely N-dealkylation sites (tertiary alicyclic amines) is 2. The fourth-order valence-electron chi connectivity index (χ4n) is 4.33. The van der Waals surface area contributed by atoms with E-state index in [0.717, 1.165) is 83.9 Å². The Morgan fingerprint density at radius 2 is 1.97 bits per heavy atom. The lowest BCUT2D eigenvalue weighted by Crippen LogP contribution is -2.44. The maximum Gasteiger partial charge on any atom is 0.221 e. The number of carbonyl (C=O) groups is 1. The first-order chi connectivity index (χ1) is 14.7. The number of primary amides is 1. The minimum absolute atomic E-state index is 0. The van der Waals surface area contributed by atoms with Gasteiger partial charge in [-0.05, 0) is 57.7 Å². The number of halogens is 1. The highest BCUT2D eigenvalue weighted by Gasteiger charge is 2.23. The number of nitrogens with zero attached hydrogens (tertiary/aromatic N) is 3. The maximum absolute atomic E-state index is 11.4. The van der Waals surface area contributed by atoms with Crippen molar-refractivity contribution in [1.29, 1.82) is 0 Å². The summed E-state index contributed by atoms with van der Waals surface area (Å²) in [6.45, 7) is 8.69. The summed E-state index contributed by atoms with van der Waals surface area (Å²) in [5.74, 6) is 0.897. The molecule has 1 aromatic rings. The van der Waals surface area contributed by atoms with Crippen LogP contribution in [0.2, 0.25) is 0 Å². The summed E-state index contributed by atoms with van der Waals surface area (Å²) in [5, 5.41) is 3.46. The van der Waals surface area contributed by atoms with Crippen molar-refractivity contribution in [3.63, 3.8) is 0 Å². The molecule has 2 heterocycles. The summed E-state index contributed by atoms with van der Waals surface area (Å²) in [7, 11) is 0. The molecule has 2 saturated heterocycles. The smallest absolute Gasteiger partial charge is 0.221 e. The number of benzene rings is 1. The van der Waals surface area contributed by atoms with Gasteiger partial charge in [0, 0.05) is 32.7 Å². The molecule has 31 heavy (non-hydrogen) atoms. The van der Waals surface area contributed by atoms with E-state index >= 15 is 0 Å². The average molecular weight is 540 g/mol. The van der Waals surface area contributed by atoms with Gasteiger partial charge in [0.15, 0.2) is 5.96 Å². The zero-order valence-corrected chi connectivity index (χ0v) is 21.1. The first kappa shape index (κ1) is 25.6. The Hall–Kier alpha value is -1.61. The van der Waals surface area contributed by atoms with Crippen LogP contribution in [0.4, 0.5) is 0 Å². The average Bonchev–Trinajstić information content (AvgIpc) is 2.77. The summed E-state index contributed by atoms with van der Waals surface area (Å²) >= 11 is 0. The molecule has 0 saturated carbocycles. The van der Waals surface area contributed by atoms with Gasteiger partial charge < -0.3 is 20.9 Å². The Bertz CT molecular complexity index is 727. The maximum atomic E-state index is 11.4. The Kier molecular flexibility index (Phi) is 11.4. The number of hydrogen-bond acceptors (Lipinski definition) is 3. The number of piperidine rings is 2. The molecule has 0 spiro atoms. The SMILES string of the molecule is CCNC(=NCCCN1CCCC(C(N)=O)C1)N1CCC(=Cc2ccccc2)CC1.I. The molecule has 2 aliphatic heterocycles. The first-order valence-electron chi connectivity index (χ1n) is 11.4. The van der Waals surface area contributed by atoms with Crippen molar-refractivity contribution in [1.82, 2.24) is 15.1 Å². The molecule has 6 nitrogen and oxygen atoms in total. The largest absolute Gasteiger partial charge is 0.369 e. The Labute approximate surface area is 204 Å². The minimum Gasteiger partial charge on any atom is -0.369 e. The van der Waals surface area contributed by atoms with E-state index in [4.69, 9.17) is 10.7 Å². The van der Waals surface area contributed by atoms with Crippen molar-refractivity contribution in [2.24, 2.45) is 16.6 Å². The third kappa shape index (κ3) is 8.44. The number of aliphatic imine (C=N–C) groups is 1. The van der Waals surface area contributed by atoms with E-state index in [0.29, 0.717) is 0 Å². The number of amides is 1. The molecule has 0 radical (unpaired) electrons. The highest BCUT2D eigenvalue weighted by atomic mass is 127. The van der Waals surface area contributed by atoms with Crippen LogP contribution in [0.5, 0.6) is 0 Å². The van der Waals surface area contributed by atoms with E-state index < -0.39 is 0 Å². The molecule has 1 aromatic carbocycles. The van der Waals surface area contributed by atoms with Crippen molar-refractivity contribution in [2.75, 3.05) is 45.8 Å². The lowest BCUT2D eigenvalue weighted by atomic mass is 9.97. The predicted octanol–water partition coefficient (Wildman–Crippen LogP) is 3.34. The molecule has 1 atom stereocenters. The van der Waals surface area contributed by atoms with Gasteiger partial charge in [0.1, 0.15) is 0 Å². The lowest BCUT2D eigenvalue weighted by Gasteiger charge is -2.32. The zero-order chi connectivity index (χ0) is 21.2. The summed E-state index contributed by atoms with van der Waals surface area (Å²) in [5.41, 5.74) is 8.29. The van der Waals surface area contributed by atoms with Crippen molar-refractivity contribution < 1.29 is 4.79 Å². The van der Waals surface area contributed by atoms with E-state index in [9.17, 15) is 4.79 Å². The molecule has 0 aliphatic carbocycles. The van der Waals surface area contributed by atoms with E-state index in [1.807, 2.05) is 0 Å². The second-order valence-corrected chi connectivity index (χ2v) is 8.33. The highest BCUT2D eigenvalue weighted by molar-refractivity contribution is 14.0. The van der Waals surface area contributed by atoms with E-state index in [1.165, 1.54) is 11.1 Å². The number of guanidine groups is 1. The van der Waals surface area contributed by atoms with Gasteiger partial charge >= 0.3 is 0 Å². The normalized spacial score (nSPS) is 20.2. The first-order valence-corrected chi connectivity index (χ1v) is 11.4. The number of hydrogen-bond donors (Lipinski definition) is 2. The third-order valence-electron chi connectivity index (χ3n) is 6.01. The number of nitrogens with one attached hydrogen (secondary N) is 1. The standard InChI is InChI=1S/C24H37N5O.HI/c1-2-26-24(27-13-7-15-28-14-6-10-22(19-28)23(25)30)29-16-11-21(12-17-29)18-20-8-4-3-5-9-20;/h3-5,8-9,18,22H,2,6-7,10-17,19H2,1H3,(H2,25,30)(H,26,27);1H. The van der Waals surface area contributed by atoms with Crippen LogP contribution < -0.4 is 11.1 Å². The monoisotopic (exact) mass is 539 g/mol. The molecule has 3 rings (SSSR count). The topological polar surface area (TPSA) is 74.0 Å². The summed E-state index contributed by atoms with van der Waals surface area (Å²) in [4.78, 5) is 21.1. The Morgan fingerprint density at radius 1 is 1.23 bits per heavy atom. The molecule has 0 aromatic heterocycles. The Balaban J connectivity index is 0.00000341. The predicted molar refractivity (Wildman–Crippen MR) is 140 cm³/mol. The number of rotatable bonds is 7. The molecule has 172 valence electrons. The number of carbonyl (C=O) groups excluding carboxylic acids is 1. The Morgan fingerprint density at radius 3 is 2.65 bits per heavy atom. The van der Waals surface area contributed by atoms with Crippen molar-refractivity contribution >= 4 is 41.9 Å². The van der Waals surface area contributed by atoms with Gasteiger partial charge in [-0.2, -0.15) is 0 Å². The molecule has 2 fully saturated rings. The van der Waals surface area contributed by atoms with E-state index in [-0.39, 0.29) is 35.8 Å². The molecular weight excluding hydrogens is 501 g/mol. The molecule has 1 amide bonds. The zero-order valence-electron chi connectivity index (χ0n) is 18.8. The molecule has 7 heteroatoms. The van der Waals surface area contributed by atoms with Crippen molar-refractivity contribution in [2.45, 2.75) is 39.0 Å². The van der Waals surface area contributed by atoms with Crippen molar-refractivity contribution in [3.05, 3.63) is 41.5 Å².